The molecule has 0 bridgehead atoms. The van der Waals surface area contributed by atoms with E-state index in [9.17, 15) is 9.59 Å². The quantitative estimate of drug-likeness (QED) is 0.616. The molecule has 1 radical (unpaired) electrons. The monoisotopic (exact) mass is 186 g/mol. The average Bonchev–Trinajstić information content (AvgIpc) is 2.31. The number of hydrogen-bond acceptors (Lipinski definition) is 4. The highest BCUT2D eigenvalue weighted by molar-refractivity contribution is 5.90. The maximum absolute atomic E-state index is 11.0. The lowest BCUT2D eigenvalue weighted by molar-refractivity contribution is -0.211. The smallest absolute Gasteiger partial charge is 0.309 e. The van der Waals surface area contributed by atoms with E-state index >= 15 is 0 Å². The molecule has 0 aliphatic carbocycles. The van der Waals surface area contributed by atoms with Crippen molar-refractivity contribution >= 4 is 11.9 Å². The second kappa shape index (κ2) is 3.33. The minimum Gasteiger partial charge on any atom is -0.423 e. The van der Waals surface area contributed by atoms with Gasteiger partial charge in [0.05, 0.1) is 18.9 Å². The van der Waals surface area contributed by atoms with E-state index in [1.807, 2.05) is 0 Å². The second-order valence-corrected chi connectivity index (χ2v) is 3.08. The van der Waals surface area contributed by atoms with E-state index in [1.54, 1.807) is 13.8 Å². The van der Waals surface area contributed by atoms with Crippen molar-refractivity contribution in [1.29, 1.82) is 0 Å². The highest BCUT2D eigenvalue weighted by Gasteiger charge is 2.48. The van der Waals surface area contributed by atoms with Crippen molar-refractivity contribution in [3.05, 3.63) is 6.42 Å². The van der Waals surface area contributed by atoms with Gasteiger partial charge in [0, 0.05) is 0 Å². The number of hydrogen-bond donors (Lipinski definition) is 1. The molecule has 5 heteroatoms. The van der Waals surface area contributed by atoms with Crippen molar-refractivity contribution in [2.24, 2.45) is 5.73 Å². The van der Waals surface area contributed by atoms with Crippen LogP contribution in [-0.2, 0) is 19.1 Å². The van der Waals surface area contributed by atoms with Crippen LogP contribution >= 0.6 is 0 Å². The van der Waals surface area contributed by atoms with Gasteiger partial charge in [0.15, 0.2) is 0 Å². The molecule has 73 valence electrons. The molecule has 0 saturated carbocycles. The summed E-state index contributed by atoms with van der Waals surface area (Å²) < 4.78 is 9.89. The number of nitrogens with two attached hydrogens (primary N) is 1. The molecule has 1 atom stereocenters. The predicted octanol–water partition coefficient (Wildman–Crippen LogP) is -0.256. The van der Waals surface area contributed by atoms with Crippen molar-refractivity contribution in [1.82, 2.24) is 0 Å². The first-order valence-corrected chi connectivity index (χ1v) is 4.00. The molecule has 0 spiro atoms. The molecule has 2 N–H and O–H groups in total. The summed E-state index contributed by atoms with van der Waals surface area (Å²) >= 11 is 0. The molecule has 1 saturated heterocycles. The van der Waals surface area contributed by atoms with Crippen LogP contribution in [0.3, 0.4) is 0 Å². The number of carbonyl (C=O) groups is 2. The number of rotatable bonds is 3. The van der Waals surface area contributed by atoms with Gasteiger partial charge in [-0.15, -0.1) is 0 Å². The van der Waals surface area contributed by atoms with Gasteiger partial charge in [-0.25, -0.2) is 0 Å². The second-order valence-electron chi connectivity index (χ2n) is 3.08. The van der Waals surface area contributed by atoms with Gasteiger partial charge in [-0.2, -0.15) is 0 Å². The number of amides is 1. The van der Waals surface area contributed by atoms with Crippen LogP contribution in [0.2, 0.25) is 0 Å². The van der Waals surface area contributed by atoms with Crippen LogP contribution in [0, 0.1) is 6.42 Å². The van der Waals surface area contributed by atoms with Gasteiger partial charge in [0.2, 0.25) is 0 Å². The third kappa shape index (κ3) is 1.98. The van der Waals surface area contributed by atoms with Gasteiger partial charge in [0.25, 0.3) is 11.7 Å². The summed E-state index contributed by atoms with van der Waals surface area (Å²) in [7, 11) is 0. The van der Waals surface area contributed by atoms with Crippen LogP contribution in [0.1, 0.15) is 20.3 Å². The van der Waals surface area contributed by atoms with Crippen molar-refractivity contribution in [2.45, 2.75) is 32.2 Å². The molecule has 1 heterocycles. The summed E-state index contributed by atoms with van der Waals surface area (Å²) in [5.41, 5.74) is 5.07. The molecule has 5 nitrogen and oxygen atoms in total. The first-order valence-electron chi connectivity index (χ1n) is 4.00. The molecule has 1 rings (SSSR count). The topological polar surface area (TPSA) is 78.6 Å². The predicted molar refractivity (Wildman–Crippen MR) is 43.2 cm³/mol. The molecule has 1 unspecified atom stereocenters. The Hall–Kier alpha value is -1.10. The Kier molecular flexibility index (Phi) is 2.56. The van der Waals surface area contributed by atoms with Gasteiger partial charge in [-0.3, -0.25) is 9.59 Å². The van der Waals surface area contributed by atoms with Crippen molar-refractivity contribution in [3.63, 3.8) is 0 Å². The lowest BCUT2D eigenvalue weighted by Crippen LogP contribution is -2.47. The van der Waals surface area contributed by atoms with Crippen molar-refractivity contribution in [2.75, 3.05) is 0 Å². The fourth-order valence-corrected chi connectivity index (χ4v) is 1.10. The molecule has 13 heavy (non-hydrogen) atoms. The summed E-state index contributed by atoms with van der Waals surface area (Å²) in [5.74, 6) is -2.95. The maximum atomic E-state index is 11.0. The summed E-state index contributed by atoms with van der Waals surface area (Å²) in [6.45, 7) is 3.45. The highest BCUT2D eigenvalue weighted by Crippen LogP contribution is 2.27. The minimum atomic E-state index is -1.65. The number of carbonyl (C=O) groups excluding carboxylic acids is 2. The summed E-state index contributed by atoms with van der Waals surface area (Å²) in [6.07, 6.45) is 1.16. The zero-order chi connectivity index (χ0) is 10.1. The molecule has 1 fully saturated rings. The van der Waals surface area contributed by atoms with E-state index < -0.39 is 17.7 Å². The lowest BCUT2D eigenvalue weighted by atomic mass is 10.1. The molecule has 1 amide bonds. The van der Waals surface area contributed by atoms with Gasteiger partial charge in [0.1, 0.15) is 0 Å². The number of cyclic esters (lactones) is 1. The molecule has 0 aromatic carbocycles. The Balaban J connectivity index is 2.77. The van der Waals surface area contributed by atoms with Crippen LogP contribution in [0.5, 0.6) is 0 Å². The molecular weight excluding hydrogens is 174 g/mol. The Morgan fingerprint density at radius 1 is 1.77 bits per heavy atom. The largest absolute Gasteiger partial charge is 0.423 e. The summed E-state index contributed by atoms with van der Waals surface area (Å²) in [4.78, 5) is 21.8. The van der Waals surface area contributed by atoms with Crippen LogP contribution in [0.4, 0.5) is 0 Å². The SMILES string of the molecule is CC(C)OC1(C(N)=O)[CH]CC(=O)O1. The van der Waals surface area contributed by atoms with Gasteiger partial charge < -0.3 is 15.2 Å². The molecule has 1 aliphatic rings. The van der Waals surface area contributed by atoms with Gasteiger partial charge in [-0.05, 0) is 13.8 Å². The third-order valence-corrected chi connectivity index (χ3v) is 1.56. The fraction of sp³-hybridized carbons (Fsp3) is 0.625. The first kappa shape index (κ1) is 9.98. The van der Waals surface area contributed by atoms with Crippen LogP contribution < -0.4 is 5.73 Å². The zero-order valence-electron chi connectivity index (χ0n) is 7.57. The van der Waals surface area contributed by atoms with E-state index in [0.29, 0.717) is 0 Å². The van der Waals surface area contributed by atoms with E-state index in [1.165, 1.54) is 6.42 Å². The number of esters is 1. The fourth-order valence-electron chi connectivity index (χ4n) is 1.10. The average molecular weight is 186 g/mol. The maximum Gasteiger partial charge on any atom is 0.309 e. The molecule has 0 aromatic heterocycles. The molecule has 0 aromatic rings. The molecular formula is C8H12NO4. The minimum absolute atomic E-state index is 0.0513. The van der Waals surface area contributed by atoms with Crippen molar-refractivity contribution in [3.8, 4) is 0 Å². The van der Waals surface area contributed by atoms with Gasteiger partial charge >= 0.3 is 5.97 Å². The molecule has 1 aliphatic heterocycles. The van der Waals surface area contributed by atoms with Gasteiger partial charge in [-0.1, -0.05) is 0 Å². The summed E-state index contributed by atoms with van der Waals surface area (Å²) in [5, 5.41) is 0. The van der Waals surface area contributed by atoms with Crippen LogP contribution in [0.25, 0.3) is 0 Å². The number of primary amides is 1. The Morgan fingerprint density at radius 3 is 2.69 bits per heavy atom. The Bertz CT molecular complexity index is 238. The van der Waals surface area contributed by atoms with E-state index in [2.05, 4.69) is 0 Å². The van der Waals surface area contributed by atoms with Crippen LogP contribution in [0.15, 0.2) is 0 Å². The van der Waals surface area contributed by atoms with E-state index in [4.69, 9.17) is 15.2 Å². The number of ether oxygens (including phenoxy) is 2. The lowest BCUT2D eigenvalue weighted by Gasteiger charge is -2.25. The zero-order valence-corrected chi connectivity index (χ0v) is 7.57. The van der Waals surface area contributed by atoms with E-state index in [0.717, 1.165) is 0 Å². The Morgan fingerprint density at radius 2 is 2.38 bits per heavy atom. The normalized spacial score (nSPS) is 27.8. The standard InChI is InChI=1S/C8H12NO4/c1-5(2)12-8(7(9)11)4-3-6(10)13-8/h4-5H,3H2,1-2H3,(H2,9,11). The third-order valence-electron chi connectivity index (χ3n) is 1.56. The van der Waals surface area contributed by atoms with E-state index in [-0.39, 0.29) is 12.5 Å². The first-order chi connectivity index (χ1) is 5.96. The Labute approximate surface area is 76.2 Å². The summed E-state index contributed by atoms with van der Waals surface area (Å²) in [6, 6.07) is 0. The van der Waals surface area contributed by atoms with Crippen LogP contribution in [-0.4, -0.2) is 23.8 Å². The highest BCUT2D eigenvalue weighted by atomic mass is 16.7. The van der Waals surface area contributed by atoms with Crippen molar-refractivity contribution < 1.29 is 19.1 Å².